The highest BCUT2D eigenvalue weighted by Gasteiger charge is 2.60. The molecule has 1 saturated carbocycles. The molecule has 5 nitrogen and oxygen atoms in total. The molecule has 1 aliphatic carbocycles. The maximum absolute atomic E-state index is 11.5. The summed E-state index contributed by atoms with van der Waals surface area (Å²) in [7, 11) is 0. The van der Waals surface area contributed by atoms with Gasteiger partial charge in [-0.05, 0) is 18.9 Å². The van der Waals surface area contributed by atoms with Gasteiger partial charge in [0, 0.05) is 17.9 Å². The van der Waals surface area contributed by atoms with E-state index in [1.807, 2.05) is 6.92 Å². The molecule has 1 saturated heterocycles. The summed E-state index contributed by atoms with van der Waals surface area (Å²) >= 11 is 0. The minimum Gasteiger partial charge on any atom is -0.481 e. The van der Waals surface area contributed by atoms with Gasteiger partial charge in [0.05, 0.1) is 0 Å². The molecule has 5 heteroatoms. The van der Waals surface area contributed by atoms with Crippen molar-refractivity contribution in [3.05, 3.63) is 24.5 Å². The number of hydrogen-bond donors (Lipinski definition) is 1. The molecule has 1 amide bonds. The van der Waals surface area contributed by atoms with Gasteiger partial charge < -0.3 is 15.2 Å². The summed E-state index contributed by atoms with van der Waals surface area (Å²) in [6, 6.07) is 0. The van der Waals surface area contributed by atoms with Crippen LogP contribution in [0.5, 0.6) is 0 Å². The number of carbonyl (C=O) groups excluding carboxylic acids is 2. The number of esters is 1. The average Bonchev–Trinajstić information content (AvgIpc) is 2.81. The van der Waals surface area contributed by atoms with Gasteiger partial charge in [0.25, 0.3) is 5.91 Å². The van der Waals surface area contributed by atoms with Crippen LogP contribution in [0.2, 0.25) is 0 Å². The normalized spacial score (nSPS) is 35.3. The Balaban J connectivity index is 2.08. The largest absolute Gasteiger partial charge is 0.481 e. The predicted octanol–water partition coefficient (Wildman–Crippen LogP) is 1.04. The first-order valence-corrected chi connectivity index (χ1v) is 5.91. The molecule has 1 heterocycles. The van der Waals surface area contributed by atoms with Gasteiger partial charge in [0.2, 0.25) is 0 Å². The molecular weight excluding hydrogens is 234 g/mol. The third kappa shape index (κ3) is 1.89. The zero-order valence-corrected chi connectivity index (χ0v) is 10.4. The van der Waals surface area contributed by atoms with Crippen molar-refractivity contribution in [3.63, 3.8) is 0 Å². The van der Waals surface area contributed by atoms with Gasteiger partial charge in [-0.15, -0.1) is 0 Å². The number of hydrogen-bond acceptors (Lipinski definition) is 4. The Morgan fingerprint density at radius 3 is 2.83 bits per heavy atom. The van der Waals surface area contributed by atoms with Crippen molar-refractivity contribution in [2.75, 3.05) is 6.61 Å². The van der Waals surface area contributed by atoms with E-state index in [1.165, 1.54) is 0 Å². The van der Waals surface area contributed by atoms with Gasteiger partial charge in [0.1, 0.15) is 12.4 Å². The van der Waals surface area contributed by atoms with Crippen molar-refractivity contribution in [2.24, 2.45) is 11.1 Å². The van der Waals surface area contributed by atoms with Gasteiger partial charge in [-0.25, -0.2) is 4.79 Å². The van der Waals surface area contributed by atoms with E-state index in [4.69, 9.17) is 15.2 Å². The van der Waals surface area contributed by atoms with Crippen molar-refractivity contribution in [1.82, 2.24) is 0 Å². The molecule has 98 valence electrons. The molecule has 0 aromatic rings. The van der Waals surface area contributed by atoms with Crippen LogP contribution in [-0.4, -0.2) is 24.1 Å². The Hall–Kier alpha value is -1.78. The summed E-state index contributed by atoms with van der Waals surface area (Å²) in [5, 5.41) is 0. The summed E-state index contributed by atoms with van der Waals surface area (Å²) in [6.45, 7) is 5.46. The number of allylic oxidation sites excluding steroid dienone is 1. The average molecular weight is 251 g/mol. The number of carbonyl (C=O) groups is 2. The molecule has 2 atom stereocenters. The Morgan fingerprint density at radius 1 is 1.56 bits per heavy atom. The zero-order valence-electron chi connectivity index (χ0n) is 10.4. The number of ether oxygens (including phenoxy) is 2. The first-order valence-electron chi connectivity index (χ1n) is 5.91. The van der Waals surface area contributed by atoms with Crippen LogP contribution in [0.25, 0.3) is 0 Å². The van der Waals surface area contributed by atoms with Gasteiger partial charge in [-0.3, -0.25) is 4.79 Å². The molecule has 2 unspecified atom stereocenters. The molecule has 2 N–H and O–H groups in total. The highest BCUT2D eigenvalue weighted by atomic mass is 16.5. The molecule has 0 aromatic heterocycles. The Labute approximate surface area is 106 Å². The van der Waals surface area contributed by atoms with Crippen molar-refractivity contribution >= 4 is 11.9 Å². The minimum atomic E-state index is -0.858. The second-order valence-corrected chi connectivity index (χ2v) is 5.10. The lowest BCUT2D eigenvalue weighted by Crippen LogP contribution is -2.41. The number of nitrogens with two attached hydrogens (primary N) is 1. The fraction of sp³-hybridized carbons (Fsp3) is 0.538. The standard InChI is InChI=1S/C13H17NO4/c1-3-10(15)17-7-4-9-12(2)5-6-13(8-12,18-9)11(14)16/h3-4H,1,5-8H2,2H3,(H2,14,16). The number of fused-ring (bicyclic) bond motifs is 2. The van der Waals surface area contributed by atoms with E-state index in [0.717, 1.165) is 12.5 Å². The van der Waals surface area contributed by atoms with Crippen LogP contribution in [0.1, 0.15) is 26.2 Å². The number of rotatable bonds is 4. The van der Waals surface area contributed by atoms with Crippen molar-refractivity contribution in [1.29, 1.82) is 0 Å². The zero-order chi connectivity index (χ0) is 13.4. The highest BCUT2D eigenvalue weighted by Crippen LogP contribution is 2.58. The molecule has 1 aliphatic heterocycles. The quantitative estimate of drug-likeness (QED) is 0.598. The summed E-state index contributed by atoms with van der Waals surface area (Å²) in [6.07, 6.45) is 4.92. The van der Waals surface area contributed by atoms with Crippen LogP contribution in [0.15, 0.2) is 24.5 Å². The smallest absolute Gasteiger partial charge is 0.330 e. The fourth-order valence-corrected chi connectivity index (χ4v) is 2.72. The fourth-order valence-electron chi connectivity index (χ4n) is 2.72. The van der Waals surface area contributed by atoms with Crippen molar-refractivity contribution in [3.8, 4) is 0 Å². The van der Waals surface area contributed by atoms with Gasteiger partial charge in [-0.1, -0.05) is 13.5 Å². The summed E-state index contributed by atoms with van der Waals surface area (Å²) in [4.78, 5) is 22.4. The molecule has 2 aliphatic rings. The third-order valence-corrected chi connectivity index (χ3v) is 3.77. The lowest BCUT2D eigenvalue weighted by Gasteiger charge is -2.27. The Morgan fingerprint density at radius 2 is 2.28 bits per heavy atom. The first kappa shape index (κ1) is 12.7. The molecule has 18 heavy (non-hydrogen) atoms. The molecule has 0 aromatic carbocycles. The summed E-state index contributed by atoms with van der Waals surface area (Å²) < 4.78 is 10.6. The van der Waals surface area contributed by atoms with E-state index >= 15 is 0 Å². The Bertz CT molecular complexity index is 442. The molecule has 2 rings (SSSR count). The molecule has 0 spiro atoms. The van der Waals surface area contributed by atoms with E-state index < -0.39 is 17.5 Å². The first-order chi connectivity index (χ1) is 8.42. The monoisotopic (exact) mass is 251 g/mol. The van der Waals surface area contributed by atoms with Gasteiger partial charge >= 0.3 is 5.97 Å². The topological polar surface area (TPSA) is 78.6 Å². The molecule has 2 fully saturated rings. The summed E-state index contributed by atoms with van der Waals surface area (Å²) in [5.74, 6) is -0.202. The second kappa shape index (κ2) is 4.15. The lowest BCUT2D eigenvalue weighted by atomic mass is 9.87. The van der Waals surface area contributed by atoms with Gasteiger partial charge in [-0.2, -0.15) is 0 Å². The predicted molar refractivity (Wildman–Crippen MR) is 64.2 cm³/mol. The van der Waals surface area contributed by atoms with Crippen molar-refractivity contribution < 1.29 is 19.1 Å². The number of primary amides is 1. The van der Waals surface area contributed by atoms with E-state index in [-0.39, 0.29) is 12.0 Å². The van der Waals surface area contributed by atoms with Crippen LogP contribution in [0.3, 0.4) is 0 Å². The van der Waals surface area contributed by atoms with Crippen LogP contribution < -0.4 is 5.73 Å². The Kier molecular flexibility index (Phi) is 2.92. The van der Waals surface area contributed by atoms with Crippen LogP contribution >= 0.6 is 0 Å². The van der Waals surface area contributed by atoms with E-state index in [0.29, 0.717) is 18.6 Å². The third-order valence-electron chi connectivity index (χ3n) is 3.77. The number of amides is 1. The van der Waals surface area contributed by atoms with E-state index in [2.05, 4.69) is 6.58 Å². The minimum absolute atomic E-state index is 0.116. The van der Waals surface area contributed by atoms with E-state index in [1.54, 1.807) is 6.08 Å². The summed E-state index contributed by atoms with van der Waals surface area (Å²) in [5.41, 5.74) is 4.37. The molecule has 2 bridgehead atoms. The van der Waals surface area contributed by atoms with Crippen LogP contribution in [0.4, 0.5) is 0 Å². The van der Waals surface area contributed by atoms with Crippen LogP contribution in [-0.2, 0) is 19.1 Å². The van der Waals surface area contributed by atoms with Crippen LogP contribution in [0, 0.1) is 5.41 Å². The maximum Gasteiger partial charge on any atom is 0.330 e. The van der Waals surface area contributed by atoms with E-state index in [9.17, 15) is 9.59 Å². The highest BCUT2D eigenvalue weighted by molar-refractivity contribution is 5.85. The molecule has 0 radical (unpaired) electrons. The second-order valence-electron chi connectivity index (χ2n) is 5.10. The van der Waals surface area contributed by atoms with Crippen molar-refractivity contribution in [2.45, 2.75) is 31.8 Å². The molecular formula is C13H17NO4. The lowest BCUT2D eigenvalue weighted by molar-refractivity contribution is -0.138. The van der Waals surface area contributed by atoms with Gasteiger partial charge in [0.15, 0.2) is 5.60 Å². The SMILES string of the molecule is C=CC(=O)OCC=C1OC2(C(N)=O)CCC1(C)C2. The maximum atomic E-state index is 11.5.